The molecule has 0 aliphatic carbocycles. The molecular weight excluding hydrogens is 390 g/mol. The quantitative estimate of drug-likeness (QED) is 0.719. The third-order valence-corrected chi connectivity index (χ3v) is 4.85. The molecule has 1 unspecified atom stereocenters. The number of nitrogens with one attached hydrogen (secondary N) is 2. The van der Waals surface area contributed by atoms with Crippen LogP contribution in [-0.4, -0.2) is 37.7 Å². The summed E-state index contributed by atoms with van der Waals surface area (Å²) in [5.74, 6) is 0.0583. The van der Waals surface area contributed by atoms with Crippen molar-refractivity contribution in [1.82, 2.24) is 10.9 Å². The monoisotopic (exact) mass is 411 g/mol. The van der Waals surface area contributed by atoms with Crippen LogP contribution in [0.1, 0.15) is 12.0 Å². The standard InChI is InChI=1S/C21H21N3O6/c1-13-3-2-4-16(7-13)28-11-19(25)22-23-21(27)14-8-20(26)24(10-14)15-5-6-17-18(9-15)30-12-29-17/h2-7,9,14H,8,10-12H2,1H3,(H,22,25)(H,23,27). The van der Waals surface area contributed by atoms with Crippen molar-refractivity contribution in [3.63, 3.8) is 0 Å². The molecule has 9 nitrogen and oxygen atoms in total. The second kappa shape index (κ2) is 8.32. The molecule has 3 amide bonds. The normalized spacial score (nSPS) is 17.0. The van der Waals surface area contributed by atoms with Gasteiger partial charge < -0.3 is 19.1 Å². The van der Waals surface area contributed by atoms with Crippen molar-refractivity contribution in [2.75, 3.05) is 24.8 Å². The molecule has 2 aromatic rings. The first-order valence-corrected chi connectivity index (χ1v) is 9.48. The van der Waals surface area contributed by atoms with Crippen LogP contribution in [0.25, 0.3) is 0 Å². The van der Waals surface area contributed by atoms with E-state index in [9.17, 15) is 14.4 Å². The molecule has 0 spiro atoms. The van der Waals surface area contributed by atoms with Gasteiger partial charge in [-0.2, -0.15) is 0 Å². The van der Waals surface area contributed by atoms with Crippen LogP contribution in [0.3, 0.4) is 0 Å². The molecule has 2 aliphatic rings. The van der Waals surface area contributed by atoms with Gasteiger partial charge in [-0.1, -0.05) is 12.1 Å². The zero-order valence-corrected chi connectivity index (χ0v) is 16.3. The number of rotatable bonds is 5. The third kappa shape index (κ3) is 4.29. The van der Waals surface area contributed by atoms with Crippen LogP contribution >= 0.6 is 0 Å². The van der Waals surface area contributed by atoms with Gasteiger partial charge in [0.05, 0.1) is 5.92 Å². The molecule has 9 heteroatoms. The predicted octanol–water partition coefficient (Wildman–Crippen LogP) is 1.30. The first-order chi connectivity index (χ1) is 14.5. The first kappa shape index (κ1) is 19.6. The highest BCUT2D eigenvalue weighted by molar-refractivity contribution is 6.00. The van der Waals surface area contributed by atoms with Gasteiger partial charge in [0.1, 0.15) is 5.75 Å². The fourth-order valence-corrected chi connectivity index (χ4v) is 3.31. The number of hydrazine groups is 1. The largest absolute Gasteiger partial charge is 0.484 e. The minimum Gasteiger partial charge on any atom is -0.484 e. The van der Waals surface area contributed by atoms with Gasteiger partial charge in [0.25, 0.3) is 5.91 Å². The number of carbonyl (C=O) groups is 3. The molecule has 2 aromatic carbocycles. The average molecular weight is 411 g/mol. The van der Waals surface area contributed by atoms with E-state index < -0.39 is 17.7 Å². The number of aryl methyl sites for hydroxylation is 1. The Hall–Kier alpha value is -3.75. The molecule has 30 heavy (non-hydrogen) atoms. The zero-order chi connectivity index (χ0) is 21.1. The SMILES string of the molecule is Cc1cccc(OCC(=O)NNC(=O)C2CC(=O)N(c3ccc4c(c3)OCO4)C2)c1. The topological polar surface area (TPSA) is 106 Å². The van der Waals surface area contributed by atoms with Gasteiger partial charge in [-0.25, -0.2) is 0 Å². The van der Waals surface area contributed by atoms with Gasteiger partial charge in [-0.15, -0.1) is 0 Å². The van der Waals surface area contributed by atoms with Gasteiger partial charge in [-0.3, -0.25) is 25.2 Å². The second-order valence-electron chi connectivity index (χ2n) is 7.09. The Kier molecular flexibility index (Phi) is 5.42. The van der Waals surface area contributed by atoms with E-state index in [2.05, 4.69) is 10.9 Å². The number of anilines is 1. The minimum absolute atomic E-state index is 0.0515. The molecule has 4 rings (SSSR count). The molecule has 1 fully saturated rings. The molecule has 2 heterocycles. The van der Waals surface area contributed by atoms with Crippen LogP contribution in [0.15, 0.2) is 42.5 Å². The molecule has 0 radical (unpaired) electrons. The number of carbonyl (C=O) groups excluding carboxylic acids is 3. The van der Waals surface area contributed by atoms with E-state index in [0.29, 0.717) is 22.9 Å². The summed E-state index contributed by atoms with van der Waals surface area (Å²) >= 11 is 0. The van der Waals surface area contributed by atoms with E-state index in [-0.39, 0.29) is 32.3 Å². The van der Waals surface area contributed by atoms with E-state index >= 15 is 0 Å². The van der Waals surface area contributed by atoms with Crippen molar-refractivity contribution in [3.8, 4) is 17.2 Å². The van der Waals surface area contributed by atoms with Crippen LogP contribution < -0.4 is 30.0 Å². The fourth-order valence-electron chi connectivity index (χ4n) is 3.31. The second-order valence-corrected chi connectivity index (χ2v) is 7.09. The maximum absolute atomic E-state index is 12.4. The molecule has 0 aromatic heterocycles. The van der Waals surface area contributed by atoms with Crippen LogP contribution in [0, 0.1) is 12.8 Å². The van der Waals surface area contributed by atoms with E-state index in [0.717, 1.165) is 5.56 Å². The number of amides is 3. The Balaban J connectivity index is 1.27. The smallest absolute Gasteiger partial charge is 0.276 e. The maximum Gasteiger partial charge on any atom is 0.276 e. The summed E-state index contributed by atoms with van der Waals surface area (Å²) in [5, 5.41) is 0. The summed E-state index contributed by atoms with van der Waals surface area (Å²) in [7, 11) is 0. The Bertz CT molecular complexity index is 992. The molecule has 2 N–H and O–H groups in total. The maximum atomic E-state index is 12.4. The van der Waals surface area contributed by atoms with Gasteiger partial charge >= 0.3 is 0 Å². The van der Waals surface area contributed by atoms with E-state index in [4.69, 9.17) is 14.2 Å². The molecule has 1 saturated heterocycles. The van der Waals surface area contributed by atoms with Gasteiger partial charge in [0.15, 0.2) is 18.1 Å². The summed E-state index contributed by atoms with van der Waals surface area (Å²) in [5.41, 5.74) is 6.33. The summed E-state index contributed by atoms with van der Waals surface area (Å²) in [6.45, 7) is 2.03. The third-order valence-electron chi connectivity index (χ3n) is 4.85. The number of hydrogen-bond acceptors (Lipinski definition) is 6. The summed E-state index contributed by atoms with van der Waals surface area (Å²) in [6, 6.07) is 12.5. The van der Waals surface area contributed by atoms with Gasteiger partial charge in [0, 0.05) is 24.7 Å². The highest BCUT2D eigenvalue weighted by atomic mass is 16.7. The number of nitrogens with zero attached hydrogens (tertiary/aromatic N) is 1. The molecule has 156 valence electrons. The van der Waals surface area contributed by atoms with E-state index in [1.54, 1.807) is 30.3 Å². The number of benzene rings is 2. The fraction of sp³-hybridized carbons (Fsp3) is 0.286. The Morgan fingerprint density at radius 2 is 1.97 bits per heavy atom. The molecule has 0 saturated carbocycles. The van der Waals surface area contributed by atoms with E-state index in [1.165, 1.54) is 4.90 Å². The Morgan fingerprint density at radius 3 is 2.80 bits per heavy atom. The van der Waals surface area contributed by atoms with Crippen molar-refractivity contribution in [1.29, 1.82) is 0 Å². The summed E-state index contributed by atoms with van der Waals surface area (Å²) in [4.78, 5) is 38.2. The van der Waals surface area contributed by atoms with Crippen LogP contribution in [0.2, 0.25) is 0 Å². The zero-order valence-electron chi connectivity index (χ0n) is 16.3. The first-order valence-electron chi connectivity index (χ1n) is 9.48. The molecular formula is C21H21N3O6. The van der Waals surface area contributed by atoms with Crippen LogP contribution in [-0.2, 0) is 14.4 Å². The number of ether oxygens (including phenoxy) is 3. The molecule has 2 aliphatic heterocycles. The van der Waals surface area contributed by atoms with E-state index in [1.807, 2.05) is 19.1 Å². The van der Waals surface area contributed by atoms with Crippen molar-refractivity contribution >= 4 is 23.4 Å². The van der Waals surface area contributed by atoms with Crippen molar-refractivity contribution in [2.45, 2.75) is 13.3 Å². The minimum atomic E-state index is -0.582. The lowest BCUT2D eigenvalue weighted by molar-refractivity contribution is -0.132. The number of hydrogen-bond donors (Lipinski definition) is 2. The van der Waals surface area contributed by atoms with Crippen molar-refractivity contribution < 1.29 is 28.6 Å². The van der Waals surface area contributed by atoms with Crippen molar-refractivity contribution in [3.05, 3.63) is 48.0 Å². The molecule has 0 bridgehead atoms. The Morgan fingerprint density at radius 1 is 1.13 bits per heavy atom. The lowest BCUT2D eigenvalue weighted by Gasteiger charge is -2.17. The summed E-state index contributed by atoms with van der Waals surface area (Å²) in [6.07, 6.45) is 0.0515. The highest BCUT2D eigenvalue weighted by Gasteiger charge is 2.35. The summed E-state index contributed by atoms with van der Waals surface area (Å²) < 4.78 is 16.0. The lowest BCUT2D eigenvalue weighted by atomic mass is 10.1. The molecule has 1 atom stereocenters. The predicted molar refractivity (Wildman–Crippen MR) is 106 cm³/mol. The number of fused-ring (bicyclic) bond motifs is 1. The van der Waals surface area contributed by atoms with Gasteiger partial charge in [0.2, 0.25) is 18.6 Å². The highest BCUT2D eigenvalue weighted by Crippen LogP contribution is 2.37. The van der Waals surface area contributed by atoms with Crippen LogP contribution in [0.4, 0.5) is 5.69 Å². The lowest BCUT2D eigenvalue weighted by Crippen LogP contribution is -2.46. The average Bonchev–Trinajstić information content (AvgIpc) is 3.36. The van der Waals surface area contributed by atoms with Gasteiger partial charge in [-0.05, 0) is 36.8 Å². The van der Waals surface area contributed by atoms with Crippen LogP contribution in [0.5, 0.6) is 17.2 Å². The Labute approximate surface area is 172 Å². The van der Waals surface area contributed by atoms with Crippen molar-refractivity contribution in [2.24, 2.45) is 5.92 Å².